The number of rotatable bonds is 4. The fraction of sp³-hybridized carbons (Fsp3) is 0.533. The van der Waals surface area contributed by atoms with Crippen LogP contribution < -0.4 is 5.73 Å². The topological polar surface area (TPSA) is 46.3 Å². The molecule has 2 N–H and O–H groups in total. The smallest absolute Gasteiger partial charge is 0.239 e. The first-order valence-corrected chi connectivity index (χ1v) is 8.22. The van der Waals surface area contributed by atoms with E-state index in [0.717, 1.165) is 38.1 Å². The second-order valence-corrected chi connectivity index (χ2v) is 5.97. The molecule has 1 amide bonds. The van der Waals surface area contributed by atoms with Crippen LogP contribution in [-0.2, 0) is 17.6 Å². The number of nitrogens with zero attached hydrogens (tertiary/aromatic N) is 1. The monoisotopic (exact) mass is 278 g/mol. The number of hydrogen-bond donors (Lipinski definition) is 1. The van der Waals surface area contributed by atoms with Crippen LogP contribution in [0, 0.1) is 0 Å². The largest absolute Gasteiger partial charge is 0.341 e. The maximum atomic E-state index is 12.3. The number of hydrogen-bond acceptors (Lipinski definition) is 3. The quantitative estimate of drug-likeness (QED) is 0.912. The van der Waals surface area contributed by atoms with Gasteiger partial charge < -0.3 is 10.6 Å². The highest BCUT2D eigenvalue weighted by Gasteiger charge is 2.22. The highest BCUT2D eigenvalue weighted by molar-refractivity contribution is 7.98. The summed E-state index contributed by atoms with van der Waals surface area (Å²) in [5.74, 6) is 1.06. The minimum Gasteiger partial charge on any atom is -0.341 e. The van der Waals surface area contributed by atoms with Crippen LogP contribution in [0.1, 0.15) is 17.5 Å². The summed E-state index contributed by atoms with van der Waals surface area (Å²) in [7, 11) is 0. The zero-order valence-corrected chi connectivity index (χ0v) is 12.3. The molecule has 0 aromatic heterocycles. The summed E-state index contributed by atoms with van der Waals surface area (Å²) < 4.78 is 0. The van der Waals surface area contributed by atoms with Crippen molar-refractivity contribution in [3.63, 3.8) is 0 Å². The molecule has 1 aliphatic rings. The molecule has 3 nitrogen and oxygen atoms in total. The molecule has 0 aliphatic carbocycles. The lowest BCUT2D eigenvalue weighted by molar-refractivity contribution is -0.132. The zero-order valence-electron chi connectivity index (χ0n) is 11.5. The third-order valence-corrected chi connectivity index (χ3v) is 4.33. The van der Waals surface area contributed by atoms with E-state index in [9.17, 15) is 4.79 Å². The average molecular weight is 278 g/mol. The van der Waals surface area contributed by atoms with E-state index in [4.69, 9.17) is 5.73 Å². The SMILES string of the molecule is CSCC[C@H](N)C(=O)N1CCc2ccccc2CC1. The summed E-state index contributed by atoms with van der Waals surface area (Å²) in [6, 6.07) is 8.13. The Morgan fingerprint density at radius 2 is 1.89 bits per heavy atom. The van der Waals surface area contributed by atoms with Gasteiger partial charge in [0.05, 0.1) is 6.04 Å². The molecule has 4 heteroatoms. The molecule has 1 atom stereocenters. The third kappa shape index (κ3) is 3.74. The van der Waals surface area contributed by atoms with Gasteiger partial charge in [0.15, 0.2) is 0 Å². The second kappa shape index (κ2) is 6.96. The third-order valence-electron chi connectivity index (χ3n) is 3.68. The van der Waals surface area contributed by atoms with E-state index in [1.165, 1.54) is 11.1 Å². The molecule has 0 bridgehead atoms. The summed E-state index contributed by atoms with van der Waals surface area (Å²) in [5, 5.41) is 0. The molecule has 0 fully saturated rings. The molecular weight excluding hydrogens is 256 g/mol. The highest BCUT2D eigenvalue weighted by Crippen LogP contribution is 2.16. The minimum absolute atomic E-state index is 0.113. The number of nitrogens with two attached hydrogens (primary N) is 1. The molecule has 0 unspecified atom stereocenters. The molecule has 104 valence electrons. The van der Waals surface area contributed by atoms with Crippen LogP contribution >= 0.6 is 11.8 Å². The van der Waals surface area contributed by atoms with Crippen molar-refractivity contribution < 1.29 is 4.79 Å². The number of benzene rings is 1. The van der Waals surface area contributed by atoms with Gasteiger partial charge in [0.25, 0.3) is 0 Å². The number of carbonyl (C=O) groups is 1. The van der Waals surface area contributed by atoms with Gasteiger partial charge in [-0.25, -0.2) is 0 Å². The normalized spacial score (nSPS) is 16.6. The van der Waals surface area contributed by atoms with Gasteiger partial charge in [-0.05, 0) is 42.4 Å². The van der Waals surface area contributed by atoms with Crippen molar-refractivity contribution in [2.75, 3.05) is 25.1 Å². The van der Waals surface area contributed by atoms with Crippen molar-refractivity contribution in [2.45, 2.75) is 25.3 Å². The lowest BCUT2D eigenvalue weighted by atomic mass is 10.0. The Hall–Kier alpha value is -1.00. The molecule has 2 rings (SSSR count). The van der Waals surface area contributed by atoms with Crippen LogP contribution in [0.2, 0.25) is 0 Å². The van der Waals surface area contributed by atoms with Crippen molar-refractivity contribution in [1.29, 1.82) is 0 Å². The Morgan fingerprint density at radius 3 is 2.42 bits per heavy atom. The van der Waals surface area contributed by atoms with Crippen LogP contribution in [0.5, 0.6) is 0 Å². The van der Waals surface area contributed by atoms with Gasteiger partial charge in [-0.2, -0.15) is 11.8 Å². The Morgan fingerprint density at radius 1 is 1.32 bits per heavy atom. The summed E-state index contributed by atoms with van der Waals surface area (Å²) >= 11 is 1.74. The predicted molar refractivity (Wildman–Crippen MR) is 81.4 cm³/mol. The Bertz CT molecular complexity index is 409. The summed E-state index contributed by atoms with van der Waals surface area (Å²) in [4.78, 5) is 14.2. The van der Waals surface area contributed by atoms with Gasteiger partial charge in [-0.3, -0.25) is 4.79 Å². The summed E-state index contributed by atoms with van der Waals surface area (Å²) in [5.41, 5.74) is 8.73. The number of thioether (sulfide) groups is 1. The fourth-order valence-electron chi connectivity index (χ4n) is 2.49. The van der Waals surface area contributed by atoms with Crippen LogP contribution in [-0.4, -0.2) is 41.9 Å². The van der Waals surface area contributed by atoms with Gasteiger partial charge in [0.1, 0.15) is 0 Å². The van der Waals surface area contributed by atoms with Crippen LogP contribution in [0.3, 0.4) is 0 Å². The first kappa shape index (κ1) is 14.4. The van der Waals surface area contributed by atoms with Crippen molar-refractivity contribution >= 4 is 17.7 Å². The van der Waals surface area contributed by atoms with Gasteiger partial charge in [0.2, 0.25) is 5.91 Å². The number of fused-ring (bicyclic) bond motifs is 1. The molecule has 1 aliphatic heterocycles. The van der Waals surface area contributed by atoms with Crippen molar-refractivity contribution in [1.82, 2.24) is 4.90 Å². The van der Waals surface area contributed by atoms with E-state index in [2.05, 4.69) is 24.3 Å². The lowest BCUT2D eigenvalue weighted by Crippen LogP contribution is -2.45. The maximum absolute atomic E-state index is 12.3. The number of amides is 1. The van der Waals surface area contributed by atoms with Gasteiger partial charge in [-0.15, -0.1) is 0 Å². The Balaban J connectivity index is 1.95. The maximum Gasteiger partial charge on any atom is 0.239 e. The highest BCUT2D eigenvalue weighted by atomic mass is 32.2. The first-order chi connectivity index (χ1) is 9.22. The summed E-state index contributed by atoms with van der Waals surface area (Å²) in [6.07, 6.45) is 4.69. The average Bonchev–Trinajstić information content (AvgIpc) is 2.66. The van der Waals surface area contributed by atoms with Crippen molar-refractivity contribution in [3.05, 3.63) is 35.4 Å². The molecule has 1 aromatic rings. The van der Waals surface area contributed by atoms with Crippen LogP contribution in [0.4, 0.5) is 0 Å². The van der Waals surface area contributed by atoms with E-state index < -0.39 is 0 Å². The second-order valence-electron chi connectivity index (χ2n) is 4.98. The molecule has 1 heterocycles. The predicted octanol–water partition coefficient (Wildman–Crippen LogP) is 1.69. The van der Waals surface area contributed by atoms with Crippen molar-refractivity contribution in [3.8, 4) is 0 Å². The van der Waals surface area contributed by atoms with Crippen LogP contribution in [0.15, 0.2) is 24.3 Å². The Labute approximate surface area is 119 Å². The molecule has 0 saturated heterocycles. The van der Waals surface area contributed by atoms with Gasteiger partial charge >= 0.3 is 0 Å². The lowest BCUT2D eigenvalue weighted by Gasteiger charge is -2.23. The van der Waals surface area contributed by atoms with E-state index >= 15 is 0 Å². The number of carbonyl (C=O) groups excluding carboxylic acids is 1. The van der Waals surface area contributed by atoms with E-state index in [1.54, 1.807) is 11.8 Å². The van der Waals surface area contributed by atoms with Gasteiger partial charge in [0, 0.05) is 13.1 Å². The first-order valence-electron chi connectivity index (χ1n) is 6.82. The minimum atomic E-state index is -0.339. The standard InChI is InChI=1S/C15H22N2OS/c1-19-11-8-14(16)15(18)17-9-6-12-4-2-3-5-13(12)7-10-17/h2-5,14H,6-11,16H2,1H3/t14-/m0/s1. The van der Waals surface area contributed by atoms with E-state index in [0.29, 0.717) is 0 Å². The molecule has 19 heavy (non-hydrogen) atoms. The van der Waals surface area contributed by atoms with Crippen molar-refractivity contribution in [2.24, 2.45) is 5.73 Å². The molecule has 0 saturated carbocycles. The van der Waals surface area contributed by atoms with Crippen LogP contribution in [0.25, 0.3) is 0 Å². The molecule has 1 aromatic carbocycles. The molecular formula is C15H22N2OS. The van der Waals surface area contributed by atoms with E-state index in [-0.39, 0.29) is 11.9 Å². The van der Waals surface area contributed by atoms with E-state index in [1.807, 2.05) is 11.2 Å². The molecule has 0 spiro atoms. The zero-order chi connectivity index (χ0) is 13.7. The Kier molecular flexibility index (Phi) is 5.28. The molecule has 0 radical (unpaired) electrons. The van der Waals surface area contributed by atoms with Gasteiger partial charge in [-0.1, -0.05) is 24.3 Å². The summed E-state index contributed by atoms with van der Waals surface area (Å²) in [6.45, 7) is 1.59. The fourth-order valence-corrected chi connectivity index (χ4v) is 2.98.